The average Bonchev–Trinajstić information content (AvgIpc) is 3.02. The molecule has 6 heteroatoms. The number of aryl methyl sites for hydroxylation is 1. The second kappa shape index (κ2) is 5.48. The topological polar surface area (TPSA) is 75.4 Å². The third-order valence-corrected chi connectivity index (χ3v) is 3.99. The van der Waals surface area contributed by atoms with Crippen LogP contribution < -0.4 is 0 Å². The van der Waals surface area contributed by atoms with Crippen molar-refractivity contribution in [1.29, 1.82) is 0 Å². The first-order valence-corrected chi connectivity index (χ1v) is 6.72. The number of carboxylic acids is 1. The maximum absolute atomic E-state index is 12.3. The van der Waals surface area contributed by atoms with Crippen LogP contribution in [0.1, 0.15) is 31.9 Å². The standard InChI is InChI=1S/C14H19N3O3/c1-3-14(13(19)20)8-4-10-17(14)12(18)6-5-11-7-9-15-16(11)2/h5-7,9H,3-4,8,10H2,1-2H3,(H,19,20)/b6-5+. The molecule has 1 aliphatic rings. The lowest BCUT2D eigenvalue weighted by atomic mass is 9.93. The van der Waals surface area contributed by atoms with Crippen molar-refractivity contribution in [2.75, 3.05) is 6.54 Å². The van der Waals surface area contributed by atoms with Crippen LogP contribution in [0.3, 0.4) is 0 Å². The summed E-state index contributed by atoms with van der Waals surface area (Å²) in [5, 5.41) is 13.5. The highest BCUT2D eigenvalue weighted by atomic mass is 16.4. The summed E-state index contributed by atoms with van der Waals surface area (Å²) < 4.78 is 1.65. The molecule has 0 spiro atoms. The van der Waals surface area contributed by atoms with Gasteiger partial charge in [0.2, 0.25) is 5.91 Å². The van der Waals surface area contributed by atoms with Gasteiger partial charge in [0.05, 0.1) is 5.69 Å². The third kappa shape index (κ3) is 2.33. The molecule has 0 radical (unpaired) electrons. The fourth-order valence-corrected chi connectivity index (χ4v) is 2.74. The minimum absolute atomic E-state index is 0.257. The van der Waals surface area contributed by atoms with Gasteiger partial charge in [0.1, 0.15) is 5.54 Å². The lowest BCUT2D eigenvalue weighted by molar-refractivity contribution is -0.155. The van der Waals surface area contributed by atoms with Crippen molar-refractivity contribution in [3.8, 4) is 0 Å². The number of hydrogen-bond acceptors (Lipinski definition) is 3. The van der Waals surface area contributed by atoms with E-state index in [0.717, 1.165) is 12.1 Å². The Hall–Kier alpha value is -2.11. The number of rotatable bonds is 4. The van der Waals surface area contributed by atoms with Gasteiger partial charge in [-0.3, -0.25) is 9.48 Å². The molecule has 0 saturated carbocycles. The Labute approximate surface area is 117 Å². The first-order chi connectivity index (χ1) is 9.51. The van der Waals surface area contributed by atoms with Gasteiger partial charge in [-0.1, -0.05) is 6.92 Å². The van der Waals surface area contributed by atoms with Crippen molar-refractivity contribution in [2.45, 2.75) is 31.7 Å². The summed E-state index contributed by atoms with van der Waals surface area (Å²) in [4.78, 5) is 25.3. The number of hydrogen-bond donors (Lipinski definition) is 1. The summed E-state index contributed by atoms with van der Waals surface area (Å²) in [7, 11) is 1.79. The van der Waals surface area contributed by atoms with Crippen molar-refractivity contribution < 1.29 is 14.7 Å². The van der Waals surface area contributed by atoms with Crippen LogP contribution in [-0.4, -0.2) is 43.7 Å². The molecule has 2 heterocycles. The van der Waals surface area contributed by atoms with Crippen molar-refractivity contribution in [3.63, 3.8) is 0 Å². The molecular weight excluding hydrogens is 258 g/mol. The van der Waals surface area contributed by atoms with Gasteiger partial charge >= 0.3 is 5.97 Å². The quantitative estimate of drug-likeness (QED) is 0.841. The first-order valence-electron chi connectivity index (χ1n) is 6.72. The van der Waals surface area contributed by atoms with Gasteiger partial charge in [0.25, 0.3) is 0 Å². The van der Waals surface area contributed by atoms with Crippen LogP contribution in [0.4, 0.5) is 0 Å². The highest BCUT2D eigenvalue weighted by molar-refractivity contribution is 5.96. The summed E-state index contributed by atoms with van der Waals surface area (Å²) in [5.74, 6) is -1.17. The molecule has 1 aromatic heterocycles. The molecule has 1 unspecified atom stereocenters. The average molecular weight is 277 g/mol. The number of amides is 1. The van der Waals surface area contributed by atoms with Gasteiger partial charge in [-0.25, -0.2) is 4.79 Å². The van der Waals surface area contributed by atoms with Crippen LogP contribution in [0.25, 0.3) is 6.08 Å². The maximum atomic E-state index is 12.3. The van der Waals surface area contributed by atoms with E-state index in [1.54, 1.807) is 30.1 Å². The number of carbonyl (C=O) groups is 2. The number of aliphatic carboxylic acids is 1. The third-order valence-electron chi connectivity index (χ3n) is 3.99. The van der Waals surface area contributed by atoms with Gasteiger partial charge in [-0.2, -0.15) is 5.10 Å². The van der Waals surface area contributed by atoms with Crippen LogP contribution in [-0.2, 0) is 16.6 Å². The molecule has 1 amide bonds. The van der Waals surface area contributed by atoms with E-state index in [4.69, 9.17) is 0 Å². The number of likely N-dealkylation sites (tertiary alicyclic amines) is 1. The zero-order valence-electron chi connectivity index (χ0n) is 11.7. The Balaban J connectivity index is 2.18. The Bertz CT molecular complexity index is 550. The first kappa shape index (κ1) is 14.3. The van der Waals surface area contributed by atoms with Crippen molar-refractivity contribution in [1.82, 2.24) is 14.7 Å². The smallest absolute Gasteiger partial charge is 0.329 e. The van der Waals surface area contributed by atoms with E-state index in [1.165, 1.54) is 11.0 Å². The molecule has 1 aromatic rings. The highest BCUT2D eigenvalue weighted by Crippen LogP contribution is 2.33. The molecule has 20 heavy (non-hydrogen) atoms. The van der Waals surface area contributed by atoms with Gasteiger partial charge in [0.15, 0.2) is 0 Å². The molecule has 0 bridgehead atoms. The molecule has 108 valence electrons. The second-order valence-corrected chi connectivity index (χ2v) is 5.00. The highest BCUT2D eigenvalue weighted by Gasteiger charge is 2.47. The van der Waals surface area contributed by atoms with Crippen LogP contribution in [0, 0.1) is 0 Å². The number of aromatic nitrogens is 2. The predicted octanol–water partition coefficient (Wildman–Crippen LogP) is 1.29. The maximum Gasteiger partial charge on any atom is 0.329 e. The van der Waals surface area contributed by atoms with Crippen LogP contribution in [0.15, 0.2) is 18.3 Å². The van der Waals surface area contributed by atoms with E-state index >= 15 is 0 Å². The SMILES string of the molecule is CCC1(C(=O)O)CCCN1C(=O)/C=C/c1ccnn1C. The van der Waals surface area contributed by atoms with Crippen LogP contribution in [0.5, 0.6) is 0 Å². The van der Waals surface area contributed by atoms with Crippen LogP contribution in [0.2, 0.25) is 0 Å². The van der Waals surface area contributed by atoms with Gasteiger partial charge in [-0.05, 0) is 31.4 Å². The molecule has 1 saturated heterocycles. The number of nitrogens with zero attached hydrogens (tertiary/aromatic N) is 3. The van der Waals surface area contributed by atoms with E-state index in [2.05, 4.69) is 5.10 Å². The van der Waals surface area contributed by atoms with Gasteiger partial charge < -0.3 is 10.0 Å². The van der Waals surface area contributed by atoms with E-state index in [0.29, 0.717) is 19.4 Å². The lowest BCUT2D eigenvalue weighted by Gasteiger charge is -2.33. The molecule has 0 aliphatic carbocycles. The summed E-state index contributed by atoms with van der Waals surface area (Å²) >= 11 is 0. The summed E-state index contributed by atoms with van der Waals surface area (Å²) in [6.45, 7) is 2.30. The van der Waals surface area contributed by atoms with Crippen molar-refractivity contribution in [2.24, 2.45) is 7.05 Å². The van der Waals surface area contributed by atoms with E-state index in [-0.39, 0.29) is 5.91 Å². The van der Waals surface area contributed by atoms with Crippen molar-refractivity contribution >= 4 is 18.0 Å². The fourth-order valence-electron chi connectivity index (χ4n) is 2.74. The molecule has 1 aliphatic heterocycles. The molecule has 1 N–H and O–H groups in total. The molecular formula is C14H19N3O3. The Morgan fingerprint density at radius 3 is 2.85 bits per heavy atom. The monoisotopic (exact) mass is 277 g/mol. The Morgan fingerprint density at radius 2 is 2.30 bits per heavy atom. The summed E-state index contributed by atoms with van der Waals surface area (Å²) in [5.41, 5.74) is -0.247. The van der Waals surface area contributed by atoms with Gasteiger partial charge in [-0.15, -0.1) is 0 Å². The van der Waals surface area contributed by atoms with Crippen molar-refractivity contribution in [3.05, 3.63) is 24.0 Å². The number of carboxylic acid groups (broad SMARTS) is 1. The molecule has 6 nitrogen and oxygen atoms in total. The Kier molecular flexibility index (Phi) is 3.92. The summed E-state index contributed by atoms with van der Waals surface area (Å²) in [6.07, 6.45) is 6.41. The number of carbonyl (C=O) groups excluding carboxylic acids is 1. The molecule has 1 fully saturated rings. The second-order valence-electron chi connectivity index (χ2n) is 5.00. The largest absolute Gasteiger partial charge is 0.479 e. The molecule has 0 aromatic carbocycles. The van der Waals surface area contributed by atoms with E-state index in [9.17, 15) is 14.7 Å². The van der Waals surface area contributed by atoms with E-state index in [1.807, 2.05) is 6.92 Å². The normalized spacial score (nSPS) is 22.6. The van der Waals surface area contributed by atoms with Gasteiger partial charge in [0, 0.05) is 25.9 Å². The van der Waals surface area contributed by atoms with E-state index < -0.39 is 11.5 Å². The minimum Gasteiger partial charge on any atom is -0.479 e. The fraction of sp³-hybridized carbons (Fsp3) is 0.500. The van der Waals surface area contributed by atoms with Crippen LogP contribution >= 0.6 is 0 Å². The Morgan fingerprint density at radius 1 is 1.55 bits per heavy atom. The summed E-state index contributed by atoms with van der Waals surface area (Å²) in [6, 6.07) is 1.79. The molecule has 1 atom stereocenters. The molecule has 2 rings (SSSR count). The zero-order valence-corrected chi connectivity index (χ0v) is 11.7. The minimum atomic E-state index is -1.05. The zero-order chi connectivity index (χ0) is 14.8. The lowest BCUT2D eigenvalue weighted by Crippen LogP contribution is -2.52. The predicted molar refractivity (Wildman–Crippen MR) is 73.8 cm³/mol.